The molecule has 0 fully saturated rings. The second-order valence-corrected chi connectivity index (χ2v) is 7.04. The molecule has 0 spiro atoms. The molecule has 32 heavy (non-hydrogen) atoms. The lowest BCUT2D eigenvalue weighted by Crippen LogP contribution is -2.17. The van der Waals surface area contributed by atoms with Crippen LogP contribution < -0.4 is 15.4 Å². The Labute approximate surface area is 183 Å². The van der Waals surface area contributed by atoms with Gasteiger partial charge in [0.25, 0.3) is 5.91 Å². The van der Waals surface area contributed by atoms with Crippen LogP contribution in [-0.2, 0) is 11.2 Å². The predicted octanol–water partition coefficient (Wildman–Crippen LogP) is 5.72. The molecule has 0 radical (unpaired) electrons. The van der Waals surface area contributed by atoms with Crippen LogP contribution in [0.25, 0.3) is 0 Å². The zero-order valence-electron chi connectivity index (χ0n) is 17.2. The topological polar surface area (TPSA) is 67.4 Å². The van der Waals surface area contributed by atoms with E-state index in [4.69, 9.17) is 0 Å². The van der Waals surface area contributed by atoms with Crippen molar-refractivity contribution in [1.29, 1.82) is 0 Å². The van der Waals surface area contributed by atoms with E-state index < -0.39 is 6.36 Å². The van der Waals surface area contributed by atoms with E-state index in [0.29, 0.717) is 34.5 Å². The molecule has 0 saturated carbocycles. The molecule has 0 unspecified atom stereocenters. The fraction of sp³-hybridized carbons (Fsp3) is 0.167. The second kappa shape index (κ2) is 10.00. The average molecular weight is 442 g/mol. The average Bonchev–Trinajstić information content (AvgIpc) is 2.74. The molecule has 2 amide bonds. The summed E-state index contributed by atoms with van der Waals surface area (Å²) in [6.07, 6.45) is -4.28. The summed E-state index contributed by atoms with van der Waals surface area (Å²) in [6.45, 7) is 1.74. The van der Waals surface area contributed by atoms with Gasteiger partial charge in [-0.1, -0.05) is 36.4 Å². The first-order valence-corrected chi connectivity index (χ1v) is 9.82. The maximum atomic E-state index is 12.6. The number of para-hydroxylation sites is 1. The number of carbonyl (C=O) groups is 2. The van der Waals surface area contributed by atoms with Gasteiger partial charge in [0.15, 0.2) is 0 Å². The van der Waals surface area contributed by atoms with Crippen LogP contribution in [0.4, 0.5) is 24.5 Å². The third-order valence-electron chi connectivity index (χ3n) is 4.68. The highest BCUT2D eigenvalue weighted by molar-refractivity contribution is 6.06. The van der Waals surface area contributed by atoms with Crippen molar-refractivity contribution >= 4 is 23.2 Å². The van der Waals surface area contributed by atoms with Gasteiger partial charge in [-0.05, 0) is 60.9 Å². The number of ether oxygens (including phenoxy) is 1. The number of nitrogens with one attached hydrogen (secondary N) is 2. The van der Waals surface area contributed by atoms with Gasteiger partial charge in [0.2, 0.25) is 5.91 Å². The molecule has 0 saturated heterocycles. The summed E-state index contributed by atoms with van der Waals surface area (Å²) in [7, 11) is 0. The van der Waals surface area contributed by atoms with Gasteiger partial charge < -0.3 is 15.4 Å². The van der Waals surface area contributed by atoms with Crippen molar-refractivity contribution in [3.8, 4) is 5.75 Å². The number of hydrogen-bond acceptors (Lipinski definition) is 3. The van der Waals surface area contributed by atoms with Crippen LogP contribution in [0.15, 0.2) is 72.8 Å². The Morgan fingerprint density at radius 2 is 1.56 bits per heavy atom. The van der Waals surface area contributed by atoms with Crippen LogP contribution >= 0.6 is 0 Å². The Bertz CT molecular complexity index is 1080. The molecular formula is C24H21F3N2O3. The molecule has 3 rings (SSSR count). The van der Waals surface area contributed by atoms with Crippen molar-refractivity contribution < 1.29 is 27.5 Å². The number of anilines is 2. The first kappa shape index (κ1) is 22.9. The summed E-state index contributed by atoms with van der Waals surface area (Å²) in [6, 6.07) is 19.5. The summed E-state index contributed by atoms with van der Waals surface area (Å²) in [5, 5.41) is 5.60. The van der Waals surface area contributed by atoms with Crippen LogP contribution in [0.3, 0.4) is 0 Å². The molecule has 2 N–H and O–H groups in total. The normalized spacial score (nSPS) is 11.0. The molecule has 0 aromatic heterocycles. The smallest absolute Gasteiger partial charge is 0.406 e. The van der Waals surface area contributed by atoms with E-state index in [1.807, 2.05) is 18.2 Å². The summed E-state index contributed by atoms with van der Waals surface area (Å²) < 4.78 is 40.5. The molecule has 0 aliphatic carbocycles. The SMILES string of the molecule is Cc1c(NC(=O)CCc2ccc(OC(F)(F)F)cc2)cccc1C(=O)Nc1ccccc1. The highest BCUT2D eigenvalue weighted by Gasteiger charge is 2.30. The second-order valence-electron chi connectivity index (χ2n) is 7.04. The monoisotopic (exact) mass is 442 g/mol. The van der Waals surface area contributed by atoms with Gasteiger partial charge in [0.05, 0.1) is 0 Å². The predicted molar refractivity (Wildman–Crippen MR) is 116 cm³/mol. The number of halogens is 3. The zero-order valence-corrected chi connectivity index (χ0v) is 17.2. The zero-order chi connectivity index (χ0) is 23.1. The Morgan fingerprint density at radius 3 is 2.22 bits per heavy atom. The highest BCUT2D eigenvalue weighted by Crippen LogP contribution is 2.24. The minimum absolute atomic E-state index is 0.124. The van der Waals surface area contributed by atoms with Crippen molar-refractivity contribution in [3.63, 3.8) is 0 Å². The van der Waals surface area contributed by atoms with E-state index in [9.17, 15) is 22.8 Å². The first-order valence-electron chi connectivity index (χ1n) is 9.82. The molecule has 0 aliphatic rings. The first-order chi connectivity index (χ1) is 15.2. The minimum Gasteiger partial charge on any atom is -0.406 e. The summed E-state index contributed by atoms with van der Waals surface area (Å²) in [5.74, 6) is -0.873. The number of amides is 2. The molecule has 0 atom stereocenters. The van der Waals surface area contributed by atoms with Crippen molar-refractivity contribution in [2.24, 2.45) is 0 Å². The van der Waals surface area contributed by atoms with Crippen LogP contribution in [0.5, 0.6) is 5.75 Å². The van der Waals surface area contributed by atoms with E-state index >= 15 is 0 Å². The van der Waals surface area contributed by atoms with Crippen molar-refractivity contribution in [3.05, 3.63) is 89.5 Å². The van der Waals surface area contributed by atoms with Gasteiger partial charge >= 0.3 is 6.36 Å². The van der Waals surface area contributed by atoms with E-state index in [1.165, 1.54) is 24.3 Å². The molecule has 8 heteroatoms. The minimum atomic E-state index is -4.74. The van der Waals surface area contributed by atoms with Crippen LogP contribution in [0.2, 0.25) is 0 Å². The summed E-state index contributed by atoms with van der Waals surface area (Å²) >= 11 is 0. The van der Waals surface area contributed by atoms with Crippen molar-refractivity contribution in [2.45, 2.75) is 26.1 Å². The van der Waals surface area contributed by atoms with Gasteiger partial charge in [0, 0.05) is 23.4 Å². The molecule has 0 aliphatic heterocycles. The molecular weight excluding hydrogens is 421 g/mol. The van der Waals surface area contributed by atoms with Gasteiger partial charge in [0.1, 0.15) is 5.75 Å². The fourth-order valence-electron chi connectivity index (χ4n) is 3.07. The Morgan fingerprint density at radius 1 is 0.875 bits per heavy atom. The van der Waals surface area contributed by atoms with Crippen LogP contribution in [0.1, 0.15) is 27.9 Å². The van der Waals surface area contributed by atoms with E-state index in [-0.39, 0.29) is 24.0 Å². The number of benzene rings is 3. The van der Waals surface area contributed by atoms with Gasteiger partial charge in [-0.15, -0.1) is 13.2 Å². The lowest BCUT2D eigenvalue weighted by atomic mass is 10.1. The molecule has 3 aromatic rings. The maximum absolute atomic E-state index is 12.6. The highest BCUT2D eigenvalue weighted by atomic mass is 19.4. The van der Waals surface area contributed by atoms with E-state index in [1.54, 1.807) is 37.3 Å². The van der Waals surface area contributed by atoms with Crippen LogP contribution in [0, 0.1) is 6.92 Å². The van der Waals surface area contributed by atoms with Gasteiger partial charge in [-0.25, -0.2) is 0 Å². The lowest BCUT2D eigenvalue weighted by Gasteiger charge is -2.13. The van der Waals surface area contributed by atoms with E-state index in [2.05, 4.69) is 15.4 Å². The number of aryl methyl sites for hydroxylation is 1. The van der Waals surface area contributed by atoms with Gasteiger partial charge in [-0.2, -0.15) is 0 Å². The molecule has 0 bridgehead atoms. The Balaban J connectivity index is 1.58. The largest absolute Gasteiger partial charge is 0.573 e. The molecule has 0 heterocycles. The third kappa shape index (κ3) is 6.60. The quantitative estimate of drug-likeness (QED) is 0.492. The standard InChI is InChI=1S/C24H21F3N2O3/c1-16-20(23(31)28-18-6-3-2-4-7-18)8-5-9-21(16)29-22(30)15-12-17-10-13-19(14-11-17)32-24(25,26)27/h2-11,13-14H,12,15H2,1H3,(H,28,31)(H,29,30). The Hall–Kier alpha value is -3.81. The van der Waals surface area contributed by atoms with Crippen molar-refractivity contribution in [1.82, 2.24) is 0 Å². The lowest BCUT2D eigenvalue weighted by molar-refractivity contribution is -0.274. The maximum Gasteiger partial charge on any atom is 0.573 e. The van der Waals surface area contributed by atoms with Crippen LogP contribution in [-0.4, -0.2) is 18.2 Å². The van der Waals surface area contributed by atoms with Crippen molar-refractivity contribution in [2.75, 3.05) is 10.6 Å². The number of carbonyl (C=O) groups excluding carboxylic acids is 2. The number of alkyl halides is 3. The third-order valence-corrected chi connectivity index (χ3v) is 4.68. The number of rotatable bonds is 7. The molecule has 5 nitrogen and oxygen atoms in total. The molecule has 3 aromatic carbocycles. The number of hydrogen-bond donors (Lipinski definition) is 2. The van der Waals surface area contributed by atoms with E-state index in [0.717, 1.165) is 0 Å². The Kier molecular flexibility index (Phi) is 7.14. The fourth-order valence-corrected chi connectivity index (χ4v) is 3.07. The summed E-state index contributed by atoms with van der Waals surface area (Å²) in [4.78, 5) is 25.0. The van der Waals surface area contributed by atoms with Gasteiger partial charge in [-0.3, -0.25) is 9.59 Å². The molecule has 166 valence electrons. The summed E-state index contributed by atoms with van der Waals surface area (Å²) in [5.41, 5.74) is 2.94.